The molecule has 0 N–H and O–H groups in total. The van der Waals surface area contributed by atoms with E-state index in [0.29, 0.717) is 35.6 Å². The van der Waals surface area contributed by atoms with Crippen molar-refractivity contribution in [1.29, 1.82) is 0 Å². The van der Waals surface area contributed by atoms with Gasteiger partial charge in [-0.3, -0.25) is 4.79 Å². The lowest BCUT2D eigenvalue weighted by Crippen LogP contribution is -2.24. The Bertz CT molecular complexity index is 808. The Morgan fingerprint density at radius 2 is 2.04 bits per heavy atom. The molecule has 0 spiro atoms. The van der Waals surface area contributed by atoms with Crippen molar-refractivity contribution in [3.63, 3.8) is 0 Å². The molecule has 0 bridgehead atoms. The van der Waals surface area contributed by atoms with E-state index in [1.807, 2.05) is 30.3 Å². The number of amides is 1. The van der Waals surface area contributed by atoms with Gasteiger partial charge in [0.1, 0.15) is 11.5 Å². The second-order valence-corrected chi connectivity index (χ2v) is 6.74. The molecule has 0 unspecified atom stereocenters. The van der Waals surface area contributed by atoms with E-state index in [-0.39, 0.29) is 5.91 Å². The molecule has 1 aliphatic rings. The second kappa shape index (κ2) is 7.68. The van der Waals surface area contributed by atoms with Crippen LogP contribution in [0, 0.1) is 5.92 Å². The Balaban J connectivity index is 1.64. The Morgan fingerprint density at radius 3 is 2.69 bits per heavy atom. The third-order valence-corrected chi connectivity index (χ3v) is 4.78. The van der Waals surface area contributed by atoms with Crippen molar-refractivity contribution in [2.24, 2.45) is 5.92 Å². The first kappa shape index (κ1) is 18.1. The van der Waals surface area contributed by atoms with E-state index >= 15 is 0 Å². The molecule has 0 radical (unpaired) electrons. The lowest BCUT2D eigenvalue weighted by atomic mass is 10.1. The van der Waals surface area contributed by atoms with E-state index < -0.39 is 0 Å². The SMILES string of the molecule is COc1cccc(CN(C)C(=O)/C=C/c2ccc([C@@H]3C[C@@H]3C)o2)c1OC. The number of methoxy groups -OCH3 is 2. The fourth-order valence-electron chi connectivity index (χ4n) is 3.07. The number of likely N-dealkylation sites (N-methyl/N-ethyl adjacent to an activating group) is 1. The predicted molar refractivity (Wildman–Crippen MR) is 100 cm³/mol. The zero-order chi connectivity index (χ0) is 18.7. The number of para-hydroxylation sites is 1. The van der Waals surface area contributed by atoms with Crippen LogP contribution in [0.25, 0.3) is 6.08 Å². The molecule has 2 aromatic rings. The van der Waals surface area contributed by atoms with Gasteiger partial charge in [0, 0.05) is 31.1 Å². The molecule has 2 atom stereocenters. The molecule has 1 saturated carbocycles. The summed E-state index contributed by atoms with van der Waals surface area (Å²) in [7, 11) is 4.95. The van der Waals surface area contributed by atoms with Gasteiger partial charge in [-0.25, -0.2) is 0 Å². The quantitative estimate of drug-likeness (QED) is 0.702. The zero-order valence-electron chi connectivity index (χ0n) is 15.7. The van der Waals surface area contributed by atoms with Crippen LogP contribution in [-0.4, -0.2) is 32.1 Å². The number of carbonyl (C=O) groups excluding carboxylic acids is 1. The number of benzene rings is 1. The molecule has 5 nitrogen and oxygen atoms in total. The first-order valence-corrected chi connectivity index (χ1v) is 8.76. The highest BCUT2D eigenvalue weighted by atomic mass is 16.5. The van der Waals surface area contributed by atoms with Crippen LogP contribution in [0.2, 0.25) is 0 Å². The molecule has 3 rings (SSSR count). The molecular formula is C21H25NO4. The van der Waals surface area contributed by atoms with Gasteiger partial charge in [-0.05, 0) is 36.6 Å². The fourth-order valence-corrected chi connectivity index (χ4v) is 3.07. The van der Waals surface area contributed by atoms with Crippen molar-refractivity contribution in [3.8, 4) is 11.5 Å². The summed E-state index contributed by atoms with van der Waals surface area (Å²) in [4.78, 5) is 14.0. The van der Waals surface area contributed by atoms with Crippen molar-refractivity contribution in [2.75, 3.05) is 21.3 Å². The maximum absolute atomic E-state index is 12.4. The summed E-state index contributed by atoms with van der Waals surface area (Å²) in [6.07, 6.45) is 4.44. The summed E-state index contributed by atoms with van der Waals surface area (Å²) in [5.41, 5.74) is 0.888. The number of rotatable bonds is 7. The van der Waals surface area contributed by atoms with Crippen LogP contribution >= 0.6 is 0 Å². The topological polar surface area (TPSA) is 51.9 Å². The monoisotopic (exact) mass is 355 g/mol. The third-order valence-electron chi connectivity index (χ3n) is 4.78. The Morgan fingerprint density at radius 1 is 1.27 bits per heavy atom. The van der Waals surface area contributed by atoms with Gasteiger partial charge < -0.3 is 18.8 Å². The van der Waals surface area contributed by atoms with E-state index in [1.165, 1.54) is 12.5 Å². The van der Waals surface area contributed by atoms with Gasteiger partial charge >= 0.3 is 0 Å². The summed E-state index contributed by atoms with van der Waals surface area (Å²) in [5, 5.41) is 0. The summed E-state index contributed by atoms with van der Waals surface area (Å²) < 4.78 is 16.5. The molecule has 1 aromatic carbocycles. The van der Waals surface area contributed by atoms with Crippen LogP contribution in [0.15, 0.2) is 40.8 Å². The summed E-state index contributed by atoms with van der Waals surface area (Å²) in [5.74, 6) is 4.15. The van der Waals surface area contributed by atoms with Crippen molar-refractivity contribution in [2.45, 2.75) is 25.8 Å². The minimum atomic E-state index is -0.104. The maximum atomic E-state index is 12.4. The molecule has 0 aliphatic heterocycles. The van der Waals surface area contributed by atoms with Crippen molar-refractivity contribution < 1.29 is 18.7 Å². The van der Waals surface area contributed by atoms with E-state index in [9.17, 15) is 4.79 Å². The normalized spacial score (nSPS) is 18.8. The van der Waals surface area contributed by atoms with Crippen LogP contribution < -0.4 is 9.47 Å². The average Bonchev–Trinajstić information content (AvgIpc) is 3.19. The molecule has 0 saturated heterocycles. The first-order chi connectivity index (χ1) is 12.5. The van der Waals surface area contributed by atoms with E-state index in [2.05, 4.69) is 6.92 Å². The third kappa shape index (κ3) is 3.93. The largest absolute Gasteiger partial charge is 0.493 e. The number of ether oxygens (including phenoxy) is 2. The standard InChI is InChI=1S/C21H25NO4/c1-14-12-17(14)18-10-8-16(26-18)9-11-20(23)22(2)13-15-6-5-7-19(24-3)21(15)25-4/h5-11,14,17H,12-13H2,1-4H3/b11-9+/t14-,17+/m0/s1. The summed E-state index contributed by atoms with van der Waals surface area (Å²) in [6.45, 7) is 2.64. The number of furan rings is 1. The molecular weight excluding hydrogens is 330 g/mol. The van der Waals surface area contributed by atoms with Crippen LogP contribution in [0.1, 0.15) is 36.3 Å². The Labute approximate surface area is 154 Å². The molecule has 1 fully saturated rings. The average molecular weight is 355 g/mol. The van der Waals surface area contributed by atoms with E-state index in [0.717, 1.165) is 11.3 Å². The number of nitrogens with zero attached hydrogens (tertiary/aromatic N) is 1. The van der Waals surface area contributed by atoms with Gasteiger partial charge in [-0.2, -0.15) is 0 Å². The molecule has 1 heterocycles. The van der Waals surface area contributed by atoms with Crippen LogP contribution in [0.4, 0.5) is 0 Å². The molecule has 138 valence electrons. The van der Waals surface area contributed by atoms with Gasteiger partial charge in [-0.1, -0.05) is 19.1 Å². The molecule has 1 aliphatic carbocycles. The van der Waals surface area contributed by atoms with Crippen LogP contribution in [-0.2, 0) is 11.3 Å². The minimum Gasteiger partial charge on any atom is -0.493 e. The van der Waals surface area contributed by atoms with Gasteiger partial charge in [0.15, 0.2) is 11.5 Å². The lowest BCUT2D eigenvalue weighted by molar-refractivity contribution is -0.125. The highest BCUT2D eigenvalue weighted by Gasteiger charge is 2.36. The van der Waals surface area contributed by atoms with Gasteiger partial charge in [0.2, 0.25) is 5.91 Å². The molecule has 1 aromatic heterocycles. The van der Waals surface area contributed by atoms with Gasteiger partial charge in [0.05, 0.1) is 14.2 Å². The number of hydrogen-bond donors (Lipinski definition) is 0. The van der Waals surface area contributed by atoms with Crippen molar-refractivity contribution in [1.82, 2.24) is 4.90 Å². The molecule has 26 heavy (non-hydrogen) atoms. The van der Waals surface area contributed by atoms with Crippen LogP contribution in [0.5, 0.6) is 11.5 Å². The highest BCUT2D eigenvalue weighted by molar-refractivity contribution is 5.91. The minimum absolute atomic E-state index is 0.104. The number of carbonyl (C=O) groups is 1. The zero-order valence-corrected chi connectivity index (χ0v) is 15.7. The maximum Gasteiger partial charge on any atom is 0.246 e. The van der Waals surface area contributed by atoms with Gasteiger partial charge in [-0.15, -0.1) is 0 Å². The van der Waals surface area contributed by atoms with E-state index in [1.54, 1.807) is 32.2 Å². The molecule has 1 amide bonds. The van der Waals surface area contributed by atoms with Crippen LogP contribution in [0.3, 0.4) is 0 Å². The second-order valence-electron chi connectivity index (χ2n) is 6.74. The Kier molecular flexibility index (Phi) is 5.35. The highest BCUT2D eigenvalue weighted by Crippen LogP contribution is 2.47. The number of hydrogen-bond acceptors (Lipinski definition) is 4. The van der Waals surface area contributed by atoms with Gasteiger partial charge in [0.25, 0.3) is 0 Å². The Hall–Kier alpha value is -2.69. The summed E-state index contributed by atoms with van der Waals surface area (Å²) in [6, 6.07) is 9.55. The van der Waals surface area contributed by atoms with Crippen molar-refractivity contribution >= 4 is 12.0 Å². The smallest absolute Gasteiger partial charge is 0.246 e. The fraction of sp³-hybridized carbons (Fsp3) is 0.381. The molecule has 5 heteroatoms. The predicted octanol–water partition coefficient (Wildman–Crippen LogP) is 4.09. The van der Waals surface area contributed by atoms with Crippen molar-refractivity contribution in [3.05, 3.63) is 53.5 Å². The lowest BCUT2D eigenvalue weighted by Gasteiger charge is -2.18. The van der Waals surface area contributed by atoms with E-state index in [4.69, 9.17) is 13.9 Å². The summed E-state index contributed by atoms with van der Waals surface area (Å²) >= 11 is 0. The first-order valence-electron chi connectivity index (χ1n) is 8.76.